The summed E-state index contributed by atoms with van der Waals surface area (Å²) in [6.07, 6.45) is 0. The number of rotatable bonds is 5. The molecule has 30 heavy (non-hydrogen) atoms. The molecule has 0 saturated heterocycles. The third kappa shape index (κ3) is 3.61. The number of carbonyl (C=O) groups excluding carboxylic acids is 2. The number of aromatic carboxylic acids is 1. The molecule has 0 aliphatic carbocycles. The largest absolute Gasteiger partial charge is 0.478 e. The van der Waals surface area contributed by atoms with Gasteiger partial charge < -0.3 is 19.5 Å². The van der Waals surface area contributed by atoms with Crippen molar-refractivity contribution in [3.63, 3.8) is 0 Å². The molecule has 2 heterocycles. The highest BCUT2D eigenvalue weighted by Gasteiger charge is 2.41. The predicted octanol–water partition coefficient (Wildman–Crippen LogP) is 3.94. The maximum Gasteiger partial charge on any atom is 0.336 e. The van der Waals surface area contributed by atoms with Gasteiger partial charge in [-0.1, -0.05) is 6.07 Å². The molecule has 2 aromatic rings. The Bertz CT molecular complexity index is 1010. The number of nitrogens with zero attached hydrogens (tertiary/aromatic N) is 1. The van der Waals surface area contributed by atoms with E-state index in [1.165, 1.54) is 37.7 Å². The SMILES string of the molecule is COC(=O)C1=C(C)N(c2ccc(C(=O)O)cc2)C(C)=C(C(=O)OC)C1c1cccs1. The van der Waals surface area contributed by atoms with E-state index in [1.54, 1.807) is 30.9 Å². The van der Waals surface area contributed by atoms with E-state index in [1.807, 2.05) is 17.5 Å². The smallest absolute Gasteiger partial charge is 0.336 e. The fourth-order valence-corrected chi connectivity index (χ4v) is 4.53. The summed E-state index contributed by atoms with van der Waals surface area (Å²) in [7, 11) is 2.59. The van der Waals surface area contributed by atoms with Crippen molar-refractivity contribution in [1.82, 2.24) is 0 Å². The Morgan fingerprint density at radius 1 is 0.933 bits per heavy atom. The monoisotopic (exact) mass is 427 g/mol. The third-order valence-electron chi connectivity index (χ3n) is 5.04. The number of carbonyl (C=O) groups is 3. The average Bonchev–Trinajstić information content (AvgIpc) is 3.27. The van der Waals surface area contributed by atoms with Gasteiger partial charge in [-0.05, 0) is 49.6 Å². The number of allylic oxidation sites excluding steroid dienone is 2. The lowest BCUT2D eigenvalue weighted by atomic mass is 9.83. The molecule has 0 bridgehead atoms. The number of anilines is 1. The van der Waals surface area contributed by atoms with Crippen molar-refractivity contribution in [3.8, 4) is 0 Å². The van der Waals surface area contributed by atoms with Crippen molar-refractivity contribution >= 4 is 34.9 Å². The lowest BCUT2D eigenvalue weighted by molar-refractivity contribution is -0.137. The van der Waals surface area contributed by atoms with E-state index < -0.39 is 23.8 Å². The molecule has 8 heteroatoms. The highest BCUT2D eigenvalue weighted by molar-refractivity contribution is 7.10. The van der Waals surface area contributed by atoms with Crippen LogP contribution in [0.5, 0.6) is 0 Å². The molecule has 0 amide bonds. The second kappa shape index (κ2) is 8.54. The Labute approximate surface area is 177 Å². The van der Waals surface area contributed by atoms with E-state index in [4.69, 9.17) is 9.47 Å². The number of hydrogen-bond donors (Lipinski definition) is 1. The zero-order chi connectivity index (χ0) is 22.0. The molecule has 0 radical (unpaired) electrons. The number of thiophene rings is 1. The predicted molar refractivity (Wildman–Crippen MR) is 112 cm³/mol. The van der Waals surface area contributed by atoms with Crippen LogP contribution in [0.2, 0.25) is 0 Å². The first-order valence-electron chi connectivity index (χ1n) is 9.06. The molecule has 0 atom stereocenters. The third-order valence-corrected chi connectivity index (χ3v) is 5.98. The average molecular weight is 427 g/mol. The number of ether oxygens (including phenoxy) is 2. The summed E-state index contributed by atoms with van der Waals surface area (Å²) in [5, 5.41) is 11.0. The van der Waals surface area contributed by atoms with E-state index in [9.17, 15) is 19.5 Å². The number of carboxylic acid groups (broad SMARTS) is 1. The molecule has 0 spiro atoms. The van der Waals surface area contributed by atoms with Gasteiger partial charge >= 0.3 is 17.9 Å². The summed E-state index contributed by atoms with van der Waals surface area (Å²) in [4.78, 5) is 39.4. The Hall–Kier alpha value is -3.39. The van der Waals surface area contributed by atoms with Crippen LogP contribution in [-0.2, 0) is 19.1 Å². The molecular formula is C22H21NO6S. The zero-order valence-electron chi connectivity index (χ0n) is 17.0. The molecule has 1 aliphatic rings. The second-order valence-corrected chi connectivity index (χ2v) is 7.60. The molecular weight excluding hydrogens is 406 g/mol. The Kier molecular flexibility index (Phi) is 6.07. The topological polar surface area (TPSA) is 93.1 Å². The van der Waals surface area contributed by atoms with Gasteiger partial charge in [0, 0.05) is 22.0 Å². The molecule has 7 nitrogen and oxygen atoms in total. The van der Waals surface area contributed by atoms with E-state index in [2.05, 4.69) is 0 Å². The fourth-order valence-electron chi connectivity index (χ4n) is 3.69. The first-order valence-corrected chi connectivity index (χ1v) is 9.94. The maximum absolute atomic E-state index is 12.8. The van der Waals surface area contributed by atoms with Gasteiger partial charge in [0.05, 0.1) is 36.8 Å². The minimum Gasteiger partial charge on any atom is -0.478 e. The highest BCUT2D eigenvalue weighted by Crippen LogP contribution is 2.45. The Balaban J connectivity index is 2.27. The van der Waals surface area contributed by atoms with Gasteiger partial charge in [-0.3, -0.25) is 0 Å². The quantitative estimate of drug-likeness (QED) is 0.722. The zero-order valence-corrected chi connectivity index (χ0v) is 17.8. The van der Waals surface area contributed by atoms with E-state index in [0.29, 0.717) is 28.2 Å². The van der Waals surface area contributed by atoms with E-state index >= 15 is 0 Å². The summed E-state index contributed by atoms with van der Waals surface area (Å²) in [6, 6.07) is 9.92. The molecule has 1 aromatic carbocycles. The summed E-state index contributed by atoms with van der Waals surface area (Å²) in [5.74, 6) is -2.76. The van der Waals surface area contributed by atoms with Gasteiger partial charge in [-0.2, -0.15) is 0 Å². The van der Waals surface area contributed by atoms with Crippen molar-refractivity contribution in [2.24, 2.45) is 0 Å². The fraction of sp³-hybridized carbons (Fsp3) is 0.227. The van der Waals surface area contributed by atoms with Crippen LogP contribution >= 0.6 is 11.3 Å². The lowest BCUT2D eigenvalue weighted by Crippen LogP contribution is -2.34. The number of methoxy groups -OCH3 is 2. The van der Waals surface area contributed by atoms with Crippen molar-refractivity contribution in [2.45, 2.75) is 19.8 Å². The van der Waals surface area contributed by atoms with Crippen LogP contribution in [0.1, 0.15) is 35.0 Å². The van der Waals surface area contributed by atoms with Crippen LogP contribution in [0.4, 0.5) is 5.69 Å². The summed E-state index contributed by atoms with van der Waals surface area (Å²) >= 11 is 1.43. The van der Waals surface area contributed by atoms with Crippen LogP contribution in [0.15, 0.2) is 64.3 Å². The molecule has 0 saturated carbocycles. The van der Waals surface area contributed by atoms with Crippen molar-refractivity contribution in [2.75, 3.05) is 19.1 Å². The molecule has 1 N–H and O–H groups in total. The van der Waals surface area contributed by atoms with Crippen molar-refractivity contribution in [1.29, 1.82) is 0 Å². The minimum atomic E-state index is -1.04. The van der Waals surface area contributed by atoms with Crippen LogP contribution in [0, 0.1) is 0 Å². The van der Waals surface area contributed by atoms with Gasteiger partial charge in [0.25, 0.3) is 0 Å². The summed E-state index contributed by atoms with van der Waals surface area (Å²) < 4.78 is 10.1. The molecule has 1 aliphatic heterocycles. The number of hydrogen-bond acceptors (Lipinski definition) is 7. The van der Waals surface area contributed by atoms with Gasteiger partial charge in [0.15, 0.2) is 0 Å². The lowest BCUT2D eigenvalue weighted by Gasteiger charge is -2.37. The van der Waals surface area contributed by atoms with Crippen molar-refractivity contribution < 1.29 is 29.0 Å². The van der Waals surface area contributed by atoms with Gasteiger partial charge in [0.2, 0.25) is 0 Å². The van der Waals surface area contributed by atoms with Crippen LogP contribution in [0.25, 0.3) is 0 Å². The van der Waals surface area contributed by atoms with E-state index in [-0.39, 0.29) is 5.56 Å². The second-order valence-electron chi connectivity index (χ2n) is 6.62. The summed E-state index contributed by atoms with van der Waals surface area (Å²) in [6.45, 7) is 3.55. The van der Waals surface area contributed by atoms with Crippen LogP contribution in [0.3, 0.4) is 0 Å². The van der Waals surface area contributed by atoms with Gasteiger partial charge in [-0.25, -0.2) is 14.4 Å². The first kappa shape index (κ1) is 21.3. The highest BCUT2D eigenvalue weighted by atomic mass is 32.1. The Morgan fingerprint density at radius 3 is 1.87 bits per heavy atom. The summed E-state index contributed by atoms with van der Waals surface area (Å²) in [5.41, 5.74) is 2.59. The number of esters is 2. The molecule has 156 valence electrons. The standard InChI is InChI=1S/C22H21NO6S/c1-12-17(21(26)28-3)19(16-6-5-11-30-16)18(22(27)29-4)13(2)23(12)15-9-7-14(8-10-15)20(24)25/h5-11,19H,1-4H3,(H,24,25). The number of carboxylic acids is 1. The van der Waals surface area contributed by atoms with Gasteiger partial charge in [0.1, 0.15) is 0 Å². The molecule has 0 unspecified atom stereocenters. The van der Waals surface area contributed by atoms with Crippen molar-refractivity contribution in [3.05, 3.63) is 74.8 Å². The molecule has 0 fully saturated rings. The Morgan fingerprint density at radius 2 is 1.47 bits per heavy atom. The molecule has 3 rings (SSSR count). The van der Waals surface area contributed by atoms with Crippen LogP contribution < -0.4 is 4.90 Å². The molecule has 1 aromatic heterocycles. The maximum atomic E-state index is 12.8. The number of benzene rings is 1. The normalized spacial score (nSPS) is 14.7. The first-order chi connectivity index (χ1) is 14.3. The van der Waals surface area contributed by atoms with E-state index in [0.717, 1.165) is 4.88 Å². The van der Waals surface area contributed by atoms with Crippen LogP contribution in [-0.4, -0.2) is 37.2 Å². The van der Waals surface area contributed by atoms with Gasteiger partial charge in [-0.15, -0.1) is 11.3 Å². The minimum absolute atomic E-state index is 0.136.